The van der Waals surface area contributed by atoms with Crippen LogP contribution in [0.2, 0.25) is 0 Å². The van der Waals surface area contributed by atoms with Gasteiger partial charge in [-0.05, 0) is 25.5 Å². The van der Waals surface area contributed by atoms with Crippen LogP contribution in [0.1, 0.15) is 25.5 Å². The molecule has 3 nitrogen and oxygen atoms in total. The molecule has 0 aliphatic rings. The van der Waals surface area contributed by atoms with Gasteiger partial charge in [0.25, 0.3) is 0 Å². The van der Waals surface area contributed by atoms with Gasteiger partial charge in [0.05, 0.1) is 5.52 Å². The summed E-state index contributed by atoms with van der Waals surface area (Å²) in [5.41, 5.74) is 7.65. The SMILES string of the molecule is CC(C)n1cc(CN)c2cccc(O)c21. The molecule has 2 aromatic rings. The number of phenols is 1. The molecule has 0 saturated carbocycles. The monoisotopic (exact) mass is 204 g/mol. The van der Waals surface area contributed by atoms with Crippen LogP contribution in [0, 0.1) is 0 Å². The molecular formula is C12H16N2O. The van der Waals surface area contributed by atoms with Crippen LogP contribution in [0.3, 0.4) is 0 Å². The molecule has 1 heterocycles. The van der Waals surface area contributed by atoms with E-state index in [0.717, 1.165) is 16.5 Å². The quantitative estimate of drug-likeness (QED) is 0.789. The topological polar surface area (TPSA) is 51.2 Å². The van der Waals surface area contributed by atoms with E-state index in [2.05, 4.69) is 18.4 Å². The smallest absolute Gasteiger partial charge is 0.139 e. The Morgan fingerprint density at radius 3 is 2.73 bits per heavy atom. The van der Waals surface area contributed by atoms with Gasteiger partial charge in [0.15, 0.2) is 0 Å². The Morgan fingerprint density at radius 1 is 1.40 bits per heavy atom. The van der Waals surface area contributed by atoms with Crippen molar-refractivity contribution in [3.05, 3.63) is 30.0 Å². The molecule has 2 rings (SSSR count). The average Bonchev–Trinajstić information content (AvgIpc) is 2.58. The van der Waals surface area contributed by atoms with Crippen LogP contribution in [0.5, 0.6) is 5.75 Å². The first-order chi connectivity index (χ1) is 7.15. The fourth-order valence-electron chi connectivity index (χ4n) is 1.93. The lowest BCUT2D eigenvalue weighted by atomic mass is 10.1. The standard InChI is InChI=1S/C12H16N2O/c1-8(2)14-7-9(6-13)10-4-3-5-11(15)12(10)14/h3-5,7-8,15H,6,13H2,1-2H3. The van der Waals surface area contributed by atoms with E-state index in [-0.39, 0.29) is 0 Å². The van der Waals surface area contributed by atoms with Gasteiger partial charge in [0, 0.05) is 24.2 Å². The molecule has 1 aromatic heterocycles. The molecule has 1 aromatic carbocycles. The third-order valence-electron chi connectivity index (χ3n) is 2.69. The Balaban J connectivity index is 2.82. The maximum atomic E-state index is 9.85. The maximum absolute atomic E-state index is 9.85. The fraction of sp³-hybridized carbons (Fsp3) is 0.333. The van der Waals surface area contributed by atoms with Gasteiger partial charge < -0.3 is 15.4 Å². The second-order valence-corrected chi connectivity index (χ2v) is 4.03. The van der Waals surface area contributed by atoms with Crippen molar-refractivity contribution in [2.75, 3.05) is 0 Å². The number of hydrogen-bond donors (Lipinski definition) is 2. The highest BCUT2D eigenvalue weighted by Crippen LogP contribution is 2.30. The number of aromatic hydroxyl groups is 1. The molecule has 0 radical (unpaired) electrons. The summed E-state index contributed by atoms with van der Waals surface area (Å²) in [6.07, 6.45) is 2.02. The minimum atomic E-state index is 0.320. The zero-order valence-electron chi connectivity index (χ0n) is 9.07. The van der Waals surface area contributed by atoms with Crippen molar-refractivity contribution in [2.45, 2.75) is 26.4 Å². The van der Waals surface area contributed by atoms with Gasteiger partial charge >= 0.3 is 0 Å². The number of fused-ring (bicyclic) bond motifs is 1. The number of hydrogen-bond acceptors (Lipinski definition) is 2. The van der Waals surface area contributed by atoms with Crippen molar-refractivity contribution < 1.29 is 5.11 Å². The molecule has 80 valence electrons. The second-order valence-electron chi connectivity index (χ2n) is 4.03. The minimum absolute atomic E-state index is 0.320. The first kappa shape index (κ1) is 10.1. The van der Waals surface area contributed by atoms with Crippen molar-refractivity contribution in [2.24, 2.45) is 5.73 Å². The third kappa shape index (κ3) is 1.49. The Labute approximate surface area is 89.1 Å². The Hall–Kier alpha value is -1.48. The second kappa shape index (κ2) is 3.59. The lowest BCUT2D eigenvalue weighted by Crippen LogP contribution is -1.99. The molecule has 0 bridgehead atoms. The van der Waals surface area contributed by atoms with Crippen molar-refractivity contribution in [1.29, 1.82) is 0 Å². The van der Waals surface area contributed by atoms with Crippen LogP contribution in [-0.2, 0) is 6.54 Å². The minimum Gasteiger partial charge on any atom is -0.506 e. The molecule has 0 amide bonds. The zero-order chi connectivity index (χ0) is 11.0. The number of phenolic OH excluding ortho intramolecular Hbond substituents is 1. The summed E-state index contributed by atoms with van der Waals surface area (Å²) in [6, 6.07) is 5.88. The summed E-state index contributed by atoms with van der Waals surface area (Å²) >= 11 is 0. The van der Waals surface area contributed by atoms with Gasteiger partial charge in [-0.15, -0.1) is 0 Å². The highest BCUT2D eigenvalue weighted by atomic mass is 16.3. The Bertz CT molecular complexity index is 486. The highest BCUT2D eigenvalue weighted by molar-refractivity contribution is 5.89. The van der Waals surface area contributed by atoms with E-state index in [0.29, 0.717) is 18.3 Å². The van der Waals surface area contributed by atoms with Gasteiger partial charge in [0.1, 0.15) is 5.75 Å². The first-order valence-electron chi connectivity index (χ1n) is 5.16. The number of nitrogens with zero attached hydrogens (tertiary/aromatic N) is 1. The Morgan fingerprint density at radius 2 is 2.13 bits per heavy atom. The molecule has 3 heteroatoms. The van der Waals surface area contributed by atoms with Crippen molar-refractivity contribution >= 4 is 10.9 Å². The summed E-state index contributed by atoms with van der Waals surface area (Å²) < 4.78 is 2.06. The van der Waals surface area contributed by atoms with E-state index in [1.807, 2.05) is 18.3 Å². The summed E-state index contributed by atoms with van der Waals surface area (Å²) in [4.78, 5) is 0. The van der Waals surface area contributed by atoms with Crippen LogP contribution < -0.4 is 5.73 Å². The van der Waals surface area contributed by atoms with Crippen LogP contribution in [0.15, 0.2) is 24.4 Å². The molecule has 0 aliphatic heterocycles. The summed E-state index contributed by atoms with van der Waals surface area (Å²) in [7, 11) is 0. The predicted octanol–water partition coefficient (Wildman–Crippen LogP) is 2.39. The van der Waals surface area contributed by atoms with E-state index in [4.69, 9.17) is 5.73 Å². The van der Waals surface area contributed by atoms with Crippen molar-refractivity contribution in [3.8, 4) is 5.75 Å². The molecule has 3 N–H and O–H groups in total. The fourth-order valence-corrected chi connectivity index (χ4v) is 1.93. The number of rotatable bonds is 2. The lowest BCUT2D eigenvalue weighted by molar-refractivity contribution is 0.475. The van der Waals surface area contributed by atoms with E-state index in [1.54, 1.807) is 6.07 Å². The molecular weight excluding hydrogens is 188 g/mol. The highest BCUT2D eigenvalue weighted by Gasteiger charge is 2.12. The van der Waals surface area contributed by atoms with E-state index >= 15 is 0 Å². The van der Waals surface area contributed by atoms with Crippen LogP contribution in [0.25, 0.3) is 10.9 Å². The number of aromatic nitrogens is 1. The lowest BCUT2D eigenvalue weighted by Gasteiger charge is -2.09. The predicted molar refractivity (Wildman–Crippen MR) is 61.9 cm³/mol. The van der Waals surface area contributed by atoms with Gasteiger partial charge in [-0.3, -0.25) is 0 Å². The van der Waals surface area contributed by atoms with Crippen LogP contribution >= 0.6 is 0 Å². The van der Waals surface area contributed by atoms with Gasteiger partial charge in [-0.1, -0.05) is 12.1 Å². The molecule has 0 unspecified atom stereocenters. The molecule has 0 aliphatic carbocycles. The van der Waals surface area contributed by atoms with E-state index in [1.165, 1.54) is 0 Å². The van der Waals surface area contributed by atoms with Gasteiger partial charge in [0.2, 0.25) is 0 Å². The summed E-state index contributed by atoms with van der Waals surface area (Å²) in [6.45, 7) is 4.68. The molecule has 0 fully saturated rings. The van der Waals surface area contributed by atoms with Crippen molar-refractivity contribution in [3.63, 3.8) is 0 Å². The van der Waals surface area contributed by atoms with E-state index < -0.39 is 0 Å². The normalized spacial score (nSPS) is 11.5. The van der Waals surface area contributed by atoms with Crippen LogP contribution in [0.4, 0.5) is 0 Å². The first-order valence-corrected chi connectivity index (χ1v) is 5.16. The number of benzene rings is 1. The molecule has 15 heavy (non-hydrogen) atoms. The van der Waals surface area contributed by atoms with Gasteiger partial charge in [-0.2, -0.15) is 0 Å². The Kier molecular flexibility index (Phi) is 2.40. The number of nitrogens with two attached hydrogens (primary N) is 1. The van der Waals surface area contributed by atoms with Crippen molar-refractivity contribution in [1.82, 2.24) is 4.57 Å². The maximum Gasteiger partial charge on any atom is 0.139 e. The molecule has 0 saturated heterocycles. The molecule has 0 spiro atoms. The summed E-state index contributed by atoms with van der Waals surface area (Å²) in [5.74, 6) is 0.320. The summed E-state index contributed by atoms with van der Waals surface area (Å²) in [5, 5.41) is 10.9. The average molecular weight is 204 g/mol. The zero-order valence-corrected chi connectivity index (χ0v) is 9.07. The van der Waals surface area contributed by atoms with Gasteiger partial charge in [-0.25, -0.2) is 0 Å². The van der Waals surface area contributed by atoms with E-state index in [9.17, 15) is 5.11 Å². The number of para-hydroxylation sites is 1. The molecule has 0 atom stereocenters. The largest absolute Gasteiger partial charge is 0.506 e. The third-order valence-corrected chi connectivity index (χ3v) is 2.69. The van der Waals surface area contributed by atoms with Crippen LogP contribution in [-0.4, -0.2) is 9.67 Å².